The van der Waals surface area contributed by atoms with Crippen molar-refractivity contribution in [1.82, 2.24) is 9.55 Å². The van der Waals surface area contributed by atoms with Gasteiger partial charge in [0, 0.05) is 12.6 Å². The topological polar surface area (TPSA) is 121 Å². The lowest BCUT2D eigenvalue weighted by Gasteiger charge is -2.51. The van der Waals surface area contributed by atoms with Gasteiger partial charge in [0.1, 0.15) is 24.1 Å². The van der Waals surface area contributed by atoms with Crippen molar-refractivity contribution in [2.45, 2.75) is 199 Å². The van der Waals surface area contributed by atoms with Gasteiger partial charge in [0.2, 0.25) is 5.91 Å². The molecule has 0 unspecified atom stereocenters. The normalized spacial score (nSPS) is 23.6. The van der Waals surface area contributed by atoms with Gasteiger partial charge in [-0.15, -0.1) is 0 Å². The lowest BCUT2D eigenvalue weighted by atomic mass is 10.0. The lowest BCUT2D eigenvalue weighted by molar-refractivity contribution is -0.116. The van der Waals surface area contributed by atoms with Crippen LogP contribution in [0, 0.1) is 0 Å². The maximum absolute atomic E-state index is 13.2. The van der Waals surface area contributed by atoms with Gasteiger partial charge in [0.05, 0.1) is 6.61 Å². The van der Waals surface area contributed by atoms with Crippen molar-refractivity contribution >= 4 is 28.8 Å². The molecule has 0 aliphatic carbocycles. The van der Waals surface area contributed by atoms with Crippen molar-refractivity contribution in [3.05, 3.63) is 22.7 Å². The Morgan fingerprint density at radius 2 is 1.37 bits per heavy atom. The first kappa shape index (κ1) is 42.0. The zero-order valence-electron chi connectivity index (χ0n) is 32.2. The molecular formula is C37H69N3O7Si2. The van der Waals surface area contributed by atoms with Crippen LogP contribution in [-0.2, 0) is 22.5 Å². The summed E-state index contributed by atoms with van der Waals surface area (Å²) in [7, 11) is -5.74. The van der Waals surface area contributed by atoms with Crippen LogP contribution in [0.4, 0.5) is 5.82 Å². The van der Waals surface area contributed by atoms with Crippen LogP contribution in [-0.4, -0.2) is 62.6 Å². The molecule has 2 aliphatic rings. The number of ether oxygens (including phenoxy) is 1. The number of carbonyl (C=O) groups excluding carboxylic acids is 1. The summed E-state index contributed by atoms with van der Waals surface area (Å²) in [5, 5.41) is 14.4. The number of amides is 1. The molecule has 2 fully saturated rings. The number of unbranched alkanes of at least 4 members (excludes halogenated alkanes) is 12. The number of hydrogen-bond acceptors (Lipinski definition) is 8. The largest absolute Gasteiger partial charge is 0.414 e. The summed E-state index contributed by atoms with van der Waals surface area (Å²) in [4.78, 5) is 30.0. The molecule has 49 heavy (non-hydrogen) atoms. The van der Waals surface area contributed by atoms with Crippen molar-refractivity contribution in [2.24, 2.45) is 0 Å². The third-order valence-electron chi connectivity index (χ3n) is 10.5. The first-order valence-corrected chi connectivity index (χ1v) is 23.5. The second kappa shape index (κ2) is 20.0. The Morgan fingerprint density at radius 1 is 0.857 bits per heavy atom. The third kappa shape index (κ3) is 11.0. The zero-order valence-corrected chi connectivity index (χ0v) is 34.2. The molecule has 12 heteroatoms. The van der Waals surface area contributed by atoms with Crippen molar-refractivity contribution in [3.8, 4) is 0 Å². The van der Waals surface area contributed by atoms with Gasteiger partial charge in [-0.25, -0.2) is 4.79 Å². The maximum Gasteiger partial charge on any atom is 0.351 e. The minimum absolute atomic E-state index is 0.0949. The standard InChI is InChI=1S/C37H69N3O7Si2/c1-10-11-12-13-14-15-16-17-18-19-20-21-22-23-33(41)38-32-24-25-40(37(43)39-32)36-34(42)35-31(45-36)26-44-48(27(2)3,28(4)5)47-49(46-35,29(6)7)30(8)9/h24-25,27-31,34-36,42H,10-23,26H2,1-9H3,(H,38,39,41,43)/t31-,34-,35-,36-/m1/s1. The number of rotatable bonds is 20. The molecule has 2 aliphatic heterocycles. The second-order valence-electron chi connectivity index (χ2n) is 15.7. The van der Waals surface area contributed by atoms with Crippen LogP contribution in [0.25, 0.3) is 0 Å². The molecule has 0 radical (unpaired) electrons. The van der Waals surface area contributed by atoms with E-state index in [1.54, 1.807) is 6.07 Å². The molecule has 10 nitrogen and oxygen atoms in total. The molecular weight excluding hydrogens is 655 g/mol. The number of nitrogens with one attached hydrogen (secondary N) is 1. The van der Waals surface area contributed by atoms with Gasteiger partial charge >= 0.3 is 22.8 Å². The molecule has 3 rings (SSSR count). The van der Waals surface area contributed by atoms with E-state index in [1.165, 1.54) is 75.0 Å². The summed E-state index contributed by atoms with van der Waals surface area (Å²) in [6.45, 7) is 19.6. The van der Waals surface area contributed by atoms with E-state index in [-0.39, 0.29) is 40.5 Å². The van der Waals surface area contributed by atoms with Crippen LogP contribution in [0.15, 0.2) is 17.1 Å². The molecule has 0 aromatic carbocycles. The number of anilines is 1. The van der Waals surface area contributed by atoms with E-state index >= 15 is 0 Å². The predicted molar refractivity (Wildman–Crippen MR) is 201 cm³/mol. The summed E-state index contributed by atoms with van der Waals surface area (Å²) in [6.07, 6.45) is 14.7. The Balaban J connectivity index is 1.55. The van der Waals surface area contributed by atoms with Crippen molar-refractivity contribution < 1.29 is 27.6 Å². The molecule has 282 valence electrons. The number of aliphatic hydroxyl groups is 1. The molecule has 2 saturated heterocycles. The van der Waals surface area contributed by atoms with Gasteiger partial charge in [-0.3, -0.25) is 9.36 Å². The summed E-state index contributed by atoms with van der Waals surface area (Å²) in [6, 6.07) is 1.58. The average molecular weight is 724 g/mol. The summed E-state index contributed by atoms with van der Waals surface area (Å²) < 4.78 is 28.6. The van der Waals surface area contributed by atoms with Gasteiger partial charge in [-0.1, -0.05) is 139 Å². The van der Waals surface area contributed by atoms with Gasteiger partial charge < -0.3 is 28.1 Å². The Kier molecular flexibility index (Phi) is 17.1. The first-order chi connectivity index (χ1) is 23.3. The molecule has 3 heterocycles. The molecule has 1 amide bonds. The Bertz CT molecular complexity index is 1180. The van der Waals surface area contributed by atoms with Crippen LogP contribution in [0.1, 0.15) is 158 Å². The highest BCUT2D eigenvalue weighted by molar-refractivity contribution is 6.84. The van der Waals surface area contributed by atoms with E-state index in [0.29, 0.717) is 6.42 Å². The molecule has 0 bridgehead atoms. The summed E-state index contributed by atoms with van der Waals surface area (Å²) in [5.74, 6) is 0.0451. The molecule has 1 aromatic heterocycles. The smallest absolute Gasteiger partial charge is 0.351 e. The first-order valence-electron chi connectivity index (χ1n) is 19.5. The van der Waals surface area contributed by atoms with Crippen LogP contribution >= 0.6 is 0 Å². The van der Waals surface area contributed by atoms with Gasteiger partial charge in [0.25, 0.3) is 0 Å². The summed E-state index contributed by atoms with van der Waals surface area (Å²) in [5.41, 5.74) is -0.0648. The van der Waals surface area contributed by atoms with Crippen molar-refractivity contribution in [3.63, 3.8) is 0 Å². The number of aromatic nitrogens is 2. The highest BCUT2D eigenvalue weighted by Gasteiger charge is 2.61. The van der Waals surface area contributed by atoms with Crippen LogP contribution < -0.4 is 11.0 Å². The third-order valence-corrected chi connectivity index (χ3v) is 20.8. The SMILES string of the molecule is CCCCCCCCCCCCCCCC(=O)Nc1ccn([C@@H]2O[C@@H]3CO[Si](C(C)C)(C(C)C)O[Si](C(C)C)(C(C)C)O[C@H]3[C@H]2O)c(=O)n1. The van der Waals surface area contributed by atoms with Crippen LogP contribution in [0.2, 0.25) is 22.2 Å². The van der Waals surface area contributed by atoms with Crippen molar-refractivity contribution in [1.29, 1.82) is 0 Å². The Morgan fingerprint density at radius 3 is 1.86 bits per heavy atom. The average Bonchev–Trinajstić information content (AvgIpc) is 3.32. The highest BCUT2D eigenvalue weighted by Crippen LogP contribution is 2.48. The monoisotopic (exact) mass is 723 g/mol. The Hall–Kier alpha value is -1.42. The van der Waals surface area contributed by atoms with E-state index in [2.05, 4.69) is 72.6 Å². The van der Waals surface area contributed by atoms with E-state index in [9.17, 15) is 14.7 Å². The minimum atomic E-state index is -2.97. The van der Waals surface area contributed by atoms with Gasteiger partial charge in [-0.05, 0) is 34.7 Å². The fraction of sp³-hybridized carbons (Fsp3) is 0.865. The van der Waals surface area contributed by atoms with E-state index < -0.39 is 47.4 Å². The van der Waals surface area contributed by atoms with E-state index in [1.807, 2.05) is 0 Å². The number of nitrogens with zero attached hydrogens (tertiary/aromatic N) is 2. The molecule has 4 atom stereocenters. The van der Waals surface area contributed by atoms with Crippen LogP contribution in [0.3, 0.4) is 0 Å². The number of fused-ring (bicyclic) bond motifs is 1. The fourth-order valence-corrected chi connectivity index (χ4v) is 18.8. The zero-order chi connectivity index (χ0) is 36.2. The van der Waals surface area contributed by atoms with E-state index in [4.69, 9.17) is 17.7 Å². The second-order valence-corrected chi connectivity index (χ2v) is 24.5. The summed E-state index contributed by atoms with van der Waals surface area (Å²) >= 11 is 0. The van der Waals surface area contributed by atoms with Crippen LogP contribution in [0.5, 0.6) is 0 Å². The quantitative estimate of drug-likeness (QED) is 0.101. The molecule has 1 aromatic rings. The number of carbonyl (C=O) groups is 1. The minimum Gasteiger partial charge on any atom is -0.414 e. The van der Waals surface area contributed by atoms with E-state index in [0.717, 1.165) is 19.3 Å². The van der Waals surface area contributed by atoms with Gasteiger partial charge in [-0.2, -0.15) is 4.98 Å². The number of hydrogen-bond donors (Lipinski definition) is 2. The maximum atomic E-state index is 13.2. The molecule has 2 N–H and O–H groups in total. The fourth-order valence-electron chi connectivity index (χ4n) is 7.55. The Labute approximate surface area is 298 Å². The molecule has 0 saturated carbocycles. The van der Waals surface area contributed by atoms with Crippen molar-refractivity contribution in [2.75, 3.05) is 11.9 Å². The van der Waals surface area contributed by atoms with Gasteiger partial charge in [0.15, 0.2) is 6.23 Å². The number of aliphatic hydroxyl groups excluding tert-OH is 1. The lowest BCUT2D eigenvalue weighted by Crippen LogP contribution is -2.65. The molecule has 0 spiro atoms. The highest BCUT2D eigenvalue weighted by atomic mass is 28.5. The predicted octanol–water partition coefficient (Wildman–Crippen LogP) is 8.88.